The summed E-state index contributed by atoms with van der Waals surface area (Å²) in [6, 6.07) is 18.6. The number of nitrogens with one attached hydrogen (secondary N) is 1. The first kappa shape index (κ1) is 20.4. The highest BCUT2D eigenvalue weighted by molar-refractivity contribution is 7.99. The number of hydrogen-bond donors (Lipinski definition) is 1. The molecule has 29 heavy (non-hydrogen) atoms. The van der Waals surface area contributed by atoms with Crippen LogP contribution in [0.2, 0.25) is 0 Å². The zero-order chi connectivity index (χ0) is 19.9. The lowest BCUT2D eigenvalue weighted by atomic mass is 10.1. The molecular formula is C23H29N3O2S. The van der Waals surface area contributed by atoms with E-state index in [-0.39, 0.29) is 5.91 Å². The maximum absolute atomic E-state index is 12.8. The second-order valence-corrected chi connectivity index (χ2v) is 8.88. The van der Waals surface area contributed by atoms with E-state index in [4.69, 9.17) is 4.74 Å². The lowest BCUT2D eigenvalue weighted by Crippen LogP contribution is -2.47. The summed E-state index contributed by atoms with van der Waals surface area (Å²) in [5, 5.41) is 3.06. The van der Waals surface area contributed by atoms with Crippen LogP contribution in [0.5, 0.6) is 0 Å². The maximum atomic E-state index is 12.8. The number of nitrogens with zero attached hydrogens (tertiary/aromatic N) is 2. The van der Waals surface area contributed by atoms with Crippen molar-refractivity contribution in [2.75, 3.05) is 49.6 Å². The second-order valence-electron chi connectivity index (χ2n) is 7.66. The van der Waals surface area contributed by atoms with Gasteiger partial charge in [-0.2, -0.15) is 11.8 Å². The Labute approximate surface area is 177 Å². The van der Waals surface area contributed by atoms with Gasteiger partial charge in [-0.05, 0) is 23.3 Å². The largest absolute Gasteiger partial charge is 0.366 e. The van der Waals surface area contributed by atoms with Gasteiger partial charge in [-0.1, -0.05) is 42.5 Å². The molecule has 0 bridgehead atoms. The number of thioether (sulfide) groups is 1. The monoisotopic (exact) mass is 411 g/mol. The van der Waals surface area contributed by atoms with Crippen molar-refractivity contribution < 1.29 is 9.53 Å². The molecule has 5 nitrogen and oxygen atoms in total. The molecule has 1 unspecified atom stereocenters. The molecule has 0 aromatic heterocycles. The molecule has 0 saturated carbocycles. The van der Waals surface area contributed by atoms with Gasteiger partial charge < -0.3 is 10.1 Å². The van der Waals surface area contributed by atoms with Crippen LogP contribution in [-0.2, 0) is 22.6 Å². The van der Waals surface area contributed by atoms with Gasteiger partial charge in [0.25, 0.3) is 5.91 Å². The van der Waals surface area contributed by atoms with Crippen LogP contribution in [-0.4, -0.2) is 66.1 Å². The highest BCUT2D eigenvalue weighted by atomic mass is 32.2. The van der Waals surface area contributed by atoms with Crippen LogP contribution in [0.15, 0.2) is 54.6 Å². The Bertz CT molecular complexity index is 796. The van der Waals surface area contributed by atoms with Crippen molar-refractivity contribution >= 4 is 23.4 Å². The molecule has 2 aromatic carbocycles. The minimum Gasteiger partial charge on any atom is -0.366 e. The molecule has 2 saturated heterocycles. The van der Waals surface area contributed by atoms with Gasteiger partial charge in [0.1, 0.15) is 6.10 Å². The summed E-state index contributed by atoms with van der Waals surface area (Å²) < 4.78 is 5.77. The summed E-state index contributed by atoms with van der Waals surface area (Å²) in [6.45, 7) is 6.10. The Kier molecular flexibility index (Phi) is 7.22. The van der Waals surface area contributed by atoms with Gasteiger partial charge in [0.2, 0.25) is 0 Å². The molecule has 0 aliphatic carbocycles. The van der Waals surface area contributed by atoms with Crippen molar-refractivity contribution in [3.63, 3.8) is 0 Å². The fourth-order valence-corrected chi connectivity index (χ4v) is 4.81. The van der Waals surface area contributed by atoms with Crippen molar-refractivity contribution in [1.29, 1.82) is 0 Å². The Morgan fingerprint density at radius 2 is 1.72 bits per heavy atom. The summed E-state index contributed by atoms with van der Waals surface area (Å²) >= 11 is 2.02. The van der Waals surface area contributed by atoms with Crippen LogP contribution in [0, 0.1) is 0 Å². The zero-order valence-electron chi connectivity index (χ0n) is 16.8. The predicted octanol–water partition coefficient (Wildman–Crippen LogP) is 3.07. The first-order valence-corrected chi connectivity index (χ1v) is 11.5. The predicted molar refractivity (Wildman–Crippen MR) is 119 cm³/mol. The molecule has 6 heteroatoms. The number of carbonyl (C=O) groups excluding carboxylic acids is 1. The first-order chi connectivity index (χ1) is 14.3. The van der Waals surface area contributed by atoms with Crippen LogP contribution in [0.4, 0.5) is 5.69 Å². The molecule has 0 radical (unpaired) electrons. The van der Waals surface area contributed by atoms with E-state index >= 15 is 0 Å². The summed E-state index contributed by atoms with van der Waals surface area (Å²) in [5.74, 6) is 2.35. The third-order valence-electron chi connectivity index (χ3n) is 5.40. The highest BCUT2D eigenvalue weighted by Gasteiger charge is 2.26. The maximum Gasteiger partial charge on any atom is 0.254 e. The van der Waals surface area contributed by atoms with E-state index in [1.807, 2.05) is 30.0 Å². The third-order valence-corrected chi connectivity index (χ3v) is 6.34. The summed E-state index contributed by atoms with van der Waals surface area (Å²) in [6.07, 6.45) is -0.435. The Morgan fingerprint density at radius 3 is 2.55 bits per heavy atom. The SMILES string of the molecule is O=C(Nc1cccc(CN2CCSCC2)c1)C1CN(Cc2ccccc2)CCO1. The molecule has 2 heterocycles. The van der Waals surface area contributed by atoms with E-state index < -0.39 is 6.10 Å². The molecule has 0 spiro atoms. The van der Waals surface area contributed by atoms with Gasteiger partial charge in [0, 0.05) is 56.5 Å². The number of morpholine rings is 1. The summed E-state index contributed by atoms with van der Waals surface area (Å²) in [7, 11) is 0. The zero-order valence-corrected chi connectivity index (χ0v) is 17.6. The van der Waals surface area contributed by atoms with E-state index in [9.17, 15) is 4.79 Å². The van der Waals surface area contributed by atoms with Crippen molar-refractivity contribution in [3.05, 3.63) is 65.7 Å². The molecule has 2 aliphatic rings. The molecule has 1 N–H and O–H groups in total. The van der Waals surface area contributed by atoms with E-state index in [0.717, 1.165) is 38.4 Å². The number of carbonyl (C=O) groups is 1. The van der Waals surface area contributed by atoms with Crippen LogP contribution in [0.1, 0.15) is 11.1 Å². The number of benzene rings is 2. The van der Waals surface area contributed by atoms with E-state index in [0.29, 0.717) is 13.2 Å². The minimum absolute atomic E-state index is 0.0608. The average Bonchev–Trinajstić information content (AvgIpc) is 2.76. The number of hydrogen-bond acceptors (Lipinski definition) is 5. The van der Waals surface area contributed by atoms with E-state index in [2.05, 4.69) is 51.5 Å². The average molecular weight is 412 g/mol. The van der Waals surface area contributed by atoms with E-state index in [1.165, 1.54) is 22.6 Å². The number of amides is 1. The fourth-order valence-electron chi connectivity index (χ4n) is 3.83. The van der Waals surface area contributed by atoms with Crippen molar-refractivity contribution in [2.45, 2.75) is 19.2 Å². The van der Waals surface area contributed by atoms with Crippen LogP contribution in [0.3, 0.4) is 0 Å². The van der Waals surface area contributed by atoms with Crippen molar-refractivity contribution in [3.8, 4) is 0 Å². The van der Waals surface area contributed by atoms with Crippen molar-refractivity contribution in [1.82, 2.24) is 9.80 Å². The lowest BCUT2D eigenvalue weighted by molar-refractivity contribution is -0.133. The number of rotatable bonds is 6. The Morgan fingerprint density at radius 1 is 0.966 bits per heavy atom. The van der Waals surface area contributed by atoms with Gasteiger partial charge >= 0.3 is 0 Å². The number of ether oxygens (including phenoxy) is 1. The smallest absolute Gasteiger partial charge is 0.254 e. The van der Waals surface area contributed by atoms with Gasteiger partial charge in [-0.15, -0.1) is 0 Å². The topological polar surface area (TPSA) is 44.8 Å². The standard InChI is InChI=1S/C23H29N3O2S/c27-23(22-18-26(9-12-28-22)16-19-5-2-1-3-6-19)24-21-8-4-7-20(15-21)17-25-10-13-29-14-11-25/h1-8,15,22H,9-14,16-18H2,(H,24,27). The first-order valence-electron chi connectivity index (χ1n) is 10.3. The molecule has 1 atom stereocenters. The summed E-state index contributed by atoms with van der Waals surface area (Å²) in [4.78, 5) is 17.6. The fraction of sp³-hybridized carbons (Fsp3) is 0.435. The molecule has 154 valence electrons. The molecule has 4 rings (SSSR count). The van der Waals surface area contributed by atoms with Crippen molar-refractivity contribution in [2.24, 2.45) is 0 Å². The van der Waals surface area contributed by atoms with Crippen LogP contribution >= 0.6 is 11.8 Å². The third kappa shape index (κ3) is 6.06. The van der Waals surface area contributed by atoms with Crippen LogP contribution < -0.4 is 5.32 Å². The van der Waals surface area contributed by atoms with Gasteiger partial charge in [0.05, 0.1) is 6.61 Å². The second kappa shape index (κ2) is 10.3. The van der Waals surface area contributed by atoms with Crippen LogP contribution in [0.25, 0.3) is 0 Å². The highest BCUT2D eigenvalue weighted by Crippen LogP contribution is 2.17. The molecule has 1 amide bonds. The molecule has 2 aromatic rings. The van der Waals surface area contributed by atoms with Gasteiger partial charge in [-0.3, -0.25) is 14.6 Å². The molecule has 2 aliphatic heterocycles. The lowest BCUT2D eigenvalue weighted by Gasteiger charge is -2.32. The quantitative estimate of drug-likeness (QED) is 0.792. The van der Waals surface area contributed by atoms with E-state index in [1.54, 1.807) is 0 Å². The normalized spacial score (nSPS) is 21.0. The minimum atomic E-state index is -0.435. The number of anilines is 1. The van der Waals surface area contributed by atoms with Gasteiger partial charge in [0.15, 0.2) is 0 Å². The Hall–Kier alpha value is -1.86. The van der Waals surface area contributed by atoms with Gasteiger partial charge in [-0.25, -0.2) is 0 Å². The molecular weight excluding hydrogens is 382 g/mol. The molecule has 2 fully saturated rings. The Balaban J connectivity index is 1.32. The summed E-state index contributed by atoms with van der Waals surface area (Å²) in [5.41, 5.74) is 3.35.